The highest BCUT2D eigenvalue weighted by Crippen LogP contribution is 2.24. The Morgan fingerprint density at radius 3 is 2.57 bits per heavy atom. The van der Waals surface area contributed by atoms with Crippen LogP contribution in [0.5, 0.6) is 0 Å². The molecule has 1 aromatic carbocycles. The van der Waals surface area contributed by atoms with Gasteiger partial charge in [0.15, 0.2) is 0 Å². The molecule has 0 radical (unpaired) electrons. The van der Waals surface area contributed by atoms with E-state index < -0.39 is 21.9 Å². The summed E-state index contributed by atoms with van der Waals surface area (Å²) in [6.07, 6.45) is 0. The maximum Gasteiger partial charge on any atom is 0.335 e. The normalized spacial score (nSPS) is 11.0. The van der Waals surface area contributed by atoms with Gasteiger partial charge >= 0.3 is 5.97 Å². The van der Waals surface area contributed by atoms with Crippen molar-refractivity contribution in [1.29, 1.82) is 0 Å². The van der Waals surface area contributed by atoms with Crippen LogP contribution >= 0.6 is 11.3 Å². The molecule has 0 saturated heterocycles. The van der Waals surface area contributed by atoms with Crippen LogP contribution < -0.4 is 10.0 Å². The molecule has 0 fully saturated rings. The van der Waals surface area contributed by atoms with E-state index >= 15 is 0 Å². The van der Waals surface area contributed by atoms with Crippen LogP contribution in [0.3, 0.4) is 0 Å². The zero-order valence-corrected chi connectivity index (χ0v) is 13.7. The van der Waals surface area contributed by atoms with Gasteiger partial charge in [-0.25, -0.2) is 4.79 Å². The summed E-state index contributed by atoms with van der Waals surface area (Å²) < 4.78 is 26.5. The topological polar surface area (TPSA) is 138 Å². The van der Waals surface area contributed by atoms with Gasteiger partial charge in [-0.05, 0) is 24.6 Å². The molecular weight excluding hydrogens is 344 g/mol. The highest BCUT2D eigenvalue weighted by molar-refractivity contribution is 7.94. The van der Waals surface area contributed by atoms with Gasteiger partial charge in [0.1, 0.15) is 0 Å². The molecule has 23 heavy (non-hydrogen) atoms. The number of benzene rings is 1. The maximum atomic E-state index is 12.3. The molecule has 0 unspecified atom stereocenters. The SMILES string of the molecule is CC(=O)Nc1nnc(S(=O)(=O)Nc2cc(C(=O)O)ccc2C)s1. The molecule has 0 aliphatic rings. The number of sulfonamides is 1. The second kappa shape index (κ2) is 6.30. The van der Waals surface area contributed by atoms with Crippen molar-refractivity contribution in [3.8, 4) is 0 Å². The van der Waals surface area contributed by atoms with E-state index in [9.17, 15) is 18.0 Å². The van der Waals surface area contributed by atoms with Crippen LogP contribution in [0.1, 0.15) is 22.8 Å². The molecular formula is C12H12N4O5S2. The molecule has 0 aliphatic carbocycles. The Labute approximate surface area is 135 Å². The Morgan fingerprint density at radius 1 is 1.26 bits per heavy atom. The van der Waals surface area contributed by atoms with Crippen molar-refractivity contribution in [2.24, 2.45) is 0 Å². The van der Waals surface area contributed by atoms with Crippen LogP contribution in [0.25, 0.3) is 0 Å². The molecule has 122 valence electrons. The summed E-state index contributed by atoms with van der Waals surface area (Å²) in [5.41, 5.74) is 0.621. The van der Waals surface area contributed by atoms with Crippen molar-refractivity contribution < 1.29 is 23.1 Å². The summed E-state index contributed by atoms with van der Waals surface area (Å²) in [7, 11) is -4.04. The van der Waals surface area contributed by atoms with E-state index in [1.54, 1.807) is 6.92 Å². The van der Waals surface area contributed by atoms with Crippen LogP contribution in [-0.2, 0) is 14.8 Å². The lowest BCUT2D eigenvalue weighted by Gasteiger charge is -2.09. The first-order valence-electron chi connectivity index (χ1n) is 6.17. The lowest BCUT2D eigenvalue weighted by Crippen LogP contribution is -2.14. The first kappa shape index (κ1) is 16.8. The van der Waals surface area contributed by atoms with Gasteiger partial charge in [0.25, 0.3) is 14.4 Å². The minimum atomic E-state index is -4.04. The third-order valence-corrected chi connectivity index (χ3v) is 5.22. The molecule has 0 saturated carbocycles. The molecule has 0 bridgehead atoms. The summed E-state index contributed by atoms with van der Waals surface area (Å²) in [6, 6.07) is 4.07. The third kappa shape index (κ3) is 4.02. The van der Waals surface area contributed by atoms with E-state index in [0.29, 0.717) is 16.9 Å². The first-order chi connectivity index (χ1) is 10.7. The first-order valence-corrected chi connectivity index (χ1v) is 8.47. The van der Waals surface area contributed by atoms with E-state index in [-0.39, 0.29) is 20.7 Å². The number of hydrogen-bond acceptors (Lipinski definition) is 7. The number of amides is 1. The van der Waals surface area contributed by atoms with Crippen molar-refractivity contribution >= 4 is 44.1 Å². The largest absolute Gasteiger partial charge is 0.478 e. The lowest BCUT2D eigenvalue weighted by molar-refractivity contribution is -0.114. The van der Waals surface area contributed by atoms with Gasteiger partial charge in [-0.15, -0.1) is 10.2 Å². The maximum absolute atomic E-state index is 12.3. The van der Waals surface area contributed by atoms with Crippen molar-refractivity contribution in [3.05, 3.63) is 29.3 Å². The molecule has 0 spiro atoms. The van der Waals surface area contributed by atoms with Crippen molar-refractivity contribution in [1.82, 2.24) is 10.2 Å². The number of nitrogens with one attached hydrogen (secondary N) is 2. The quantitative estimate of drug-likeness (QED) is 0.686. The lowest BCUT2D eigenvalue weighted by atomic mass is 10.1. The number of carboxylic acid groups (broad SMARTS) is 1. The Kier molecular flexibility index (Phi) is 4.61. The van der Waals surface area contributed by atoms with E-state index in [2.05, 4.69) is 20.2 Å². The highest BCUT2D eigenvalue weighted by atomic mass is 32.2. The third-order valence-electron chi connectivity index (χ3n) is 2.65. The number of nitrogens with zero attached hydrogens (tertiary/aromatic N) is 2. The number of anilines is 2. The van der Waals surface area contributed by atoms with Gasteiger partial charge in [0, 0.05) is 6.92 Å². The predicted molar refractivity (Wildman–Crippen MR) is 83.2 cm³/mol. The number of rotatable bonds is 5. The Balaban J connectivity index is 2.31. The minimum Gasteiger partial charge on any atom is -0.478 e. The smallest absolute Gasteiger partial charge is 0.335 e. The molecule has 0 atom stereocenters. The summed E-state index contributed by atoms with van der Waals surface area (Å²) >= 11 is 0.683. The number of aromatic nitrogens is 2. The molecule has 9 nitrogen and oxygen atoms in total. The van der Waals surface area contributed by atoms with E-state index in [1.807, 2.05) is 0 Å². The predicted octanol–water partition coefficient (Wildman–Crippen LogP) is 1.30. The van der Waals surface area contributed by atoms with Crippen LogP contribution in [-0.4, -0.2) is 35.6 Å². The van der Waals surface area contributed by atoms with Crippen LogP contribution in [0.2, 0.25) is 0 Å². The van der Waals surface area contributed by atoms with Crippen LogP contribution in [0.4, 0.5) is 10.8 Å². The molecule has 3 N–H and O–H groups in total. The minimum absolute atomic E-state index is 0.0499. The van der Waals surface area contributed by atoms with E-state index in [0.717, 1.165) is 0 Å². The Morgan fingerprint density at radius 2 is 1.96 bits per heavy atom. The van der Waals surface area contributed by atoms with Gasteiger partial charge in [0.2, 0.25) is 11.0 Å². The molecule has 1 amide bonds. The van der Waals surface area contributed by atoms with E-state index in [1.165, 1.54) is 25.1 Å². The fourth-order valence-corrected chi connectivity index (χ4v) is 3.64. The summed E-state index contributed by atoms with van der Waals surface area (Å²) in [4.78, 5) is 21.9. The Hall–Kier alpha value is -2.53. The number of carboxylic acids is 1. The zero-order valence-electron chi connectivity index (χ0n) is 12.0. The van der Waals surface area contributed by atoms with Gasteiger partial charge in [-0.2, -0.15) is 8.42 Å². The fourth-order valence-electron chi connectivity index (χ4n) is 1.57. The van der Waals surface area contributed by atoms with Gasteiger partial charge in [-0.1, -0.05) is 17.4 Å². The summed E-state index contributed by atoms with van der Waals surface area (Å²) in [5.74, 6) is -1.57. The van der Waals surface area contributed by atoms with E-state index in [4.69, 9.17) is 5.11 Å². The molecule has 11 heteroatoms. The number of hydrogen-bond donors (Lipinski definition) is 3. The van der Waals surface area contributed by atoms with Crippen molar-refractivity contribution in [2.75, 3.05) is 10.0 Å². The fraction of sp³-hybridized carbons (Fsp3) is 0.167. The summed E-state index contributed by atoms with van der Waals surface area (Å²) in [5, 5.41) is 18.4. The molecule has 1 heterocycles. The Bertz CT molecular complexity index is 875. The second-order valence-electron chi connectivity index (χ2n) is 4.49. The van der Waals surface area contributed by atoms with Crippen LogP contribution in [0.15, 0.2) is 22.5 Å². The number of carbonyl (C=O) groups is 2. The van der Waals surface area contributed by atoms with Crippen molar-refractivity contribution in [3.63, 3.8) is 0 Å². The standard InChI is InChI=1S/C12H12N4O5S2/c1-6-3-4-8(10(18)19)5-9(6)16-23(20,21)12-15-14-11(22-12)13-7(2)17/h3-5,16H,1-2H3,(H,18,19)(H,13,14,17). The average Bonchev–Trinajstić information content (AvgIpc) is 2.89. The van der Waals surface area contributed by atoms with Gasteiger partial charge < -0.3 is 10.4 Å². The second-order valence-corrected chi connectivity index (χ2v) is 7.33. The highest BCUT2D eigenvalue weighted by Gasteiger charge is 2.22. The average molecular weight is 356 g/mol. The monoisotopic (exact) mass is 356 g/mol. The number of aromatic carboxylic acids is 1. The number of aryl methyl sites for hydroxylation is 1. The van der Waals surface area contributed by atoms with Crippen molar-refractivity contribution in [2.45, 2.75) is 18.2 Å². The van der Waals surface area contributed by atoms with Gasteiger partial charge in [-0.3, -0.25) is 9.52 Å². The van der Waals surface area contributed by atoms with Gasteiger partial charge in [0.05, 0.1) is 11.3 Å². The molecule has 0 aliphatic heterocycles. The van der Waals surface area contributed by atoms with Crippen LogP contribution in [0, 0.1) is 6.92 Å². The number of carbonyl (C=O) groups excluding carboxylic acids is 1. The molecule has 1 aromatic heterocycles. The zero-order chi connectivity index (χ0) is 17.2. The molecule has 2 aromatic rings. The molecule has 2 rings (SSSR count). The summed E-state index contributed by atoms with van der Waals surface area (Å²) in [6.45, 7) is 2.89.